The SMILES string of the molecule is O=Cc1cccc(C(=O)Nc2nnn[nH]2)c1O. The fourth-order valence-electron chi connectivity index (χ4n) is 1.23. The third kappa shape index (κ3) is 2.09. The largest absolute Gasteiger partial charge is 0.506 e. The number of phenolic OH excluding ortho intramolecular Hbond substituents is 1. The highest BCUT2D eigenvalue weighted by Crippen LogP contribution is 2.21. The third-order valence-electron chi connectivity index (χ3n) is 2.02. The van der Waals surface area contributed by atoms with E-state index in [2.05, 4.69) is 25.9 Å². The smallest absolute Gasteiger partial charge is 0.261 e. The number of amides is 1. The molecule has 0 aliphatic rings. The minimum atomic E-state index is -0.621. The van der Waals surface area contributed by atoms with Crippen LogP contribution in [0.5, 0.6) is 5.75 Å². The normalized spacial score (nSPS) is 9.88. The molecule has 2 rings (SSSR count). The van der Waals surface area contributed by atoms with Crippen molar-refractivity contribution in [1.29, 1.82) is 0 Å². The number of hydrogen-bond acceptors (Lipinski definition) is 6. The van der Waals surface area contributed by atoms with E-state index in [1.165, 1.54) is 18.2 Å². The summed E-state index contributed by atoms with van der Waals surface area (Å²) in [6.45, 7) is 0. The van der Waals surface area contributed by atoms with Gasteiger partial charge in [0.25, 0.3) is 5.91 Å². The van der Waals surface area contributed by atoms with Crippen molar-refractivity contribution in [1.82, 2.24) is 20.6 Å². The number of rotatable bonds is 3. The number of carbonyl (C=O) groups is 2. The minimum absolute atomic E-state index is 0.0355. The van der Waals surface area contributed by atoms with E-state index in [1.54, 1.807) is 0 Å². The van der Waals surface area contributed by atoms with E-state index in [0.29, 0.717) is 6.29 Å². The van der Waals surface area contributed by atoms with E-state index in [9.17, 15) is 14.7 Å². The van der Waals surface area contributed by atoms with Gasteiger partial charge in [-0.3, -0.25) is 14.9 Å². The number of hydrogen-bond donors (Lipinski definition) is 3. The Morgan fingerprint density at radius 3 is 2.94 bits per heavy atom. The fourth-order valence-corrected chi connectivity index (χ4v) is 1.23. The number of H-pyrrole nitrogens is 1. The van der Waals surface area contributed by atoms with Gasteiger partial charge in [-0.1, -0.05) is 11.2 Å². The molecule has 8 nitrogen and oxygen atoms in total. The van der Waals surface area contributed by atoms with Crippen molar-refractivity contribution < 1.29 is 14.7 Å². The Hall–Kier alpha value is -2.77. The van der Waals surface area contributed by atoms with E-state index in [1.807, 2.05) is 0 Å². The Morgan fingerprint density at radius 1 is 1.47 bits per heavy atom. The van der Waals surface area contributed by atoms with E-state index < -0.39 is 5.91 Å². The van der Waals surface area contributed by atoms with Crippen LogP contribution in [0.25, 0.3) is 0 Å². The van der Waals surface area contributed by atoms with Gasteiger partial charge in [0.15, 0.2) is 6.29 Å². The second kappa shape index (κ2) is 4.39. The number of aromatic hydroxyl groups is 1. The molecule has 0 aliphatic carbocycles. The third-order valence-corrected chi connectivity index (χ3v) is 2.02. The number of benzene rings is 1. The molecule has 0 bridgehead atoms. The molecule has 0 aliphatic heterocycles. The molecular weight excluding hydrogens is 226 g/mol. The molecule has 2 aromatic rings. The number of carbonyl (C=O) groups excluding carboxylic acids is 2. The predicted octanol–water partition coefficient (Wildman–Crippen LogP) is -0.0299. The maximum absolute atomic E-state index is 11.7. The van der Waals surface area contributed by atoms with Crippen LogP contribution in [0.15, 0.2) is 18.2 Å². The van der Waals surface area contributed by atoms with Crippen LogP contribution in [0.2, 0.25) is 0 Å². The molecule has 3 N–H and O–H groups in total. The molecule has 86 valence electrons. The first-order valence-corrected chi connectivity index (χ1v) is 4.54. The van der Waals surface area contributed by atoms with Crippen molar-refractivity contribution in [3.8, 4) is 5.75 Å². The van der Waals surface area contributed by atoms with E-state index >= 15 is 0 Å². The summed E-state index contributed by atoms with van der Waals surface area (Å²) in [6, 6.07) is 4.26. The number of tetrazole rings is 1. The highest BCUT2D eigenvalue weighted by atomic mass is 16.3. The van der Waals surface area contributed by atoms with Crippen LogP contribution in [0.3, 0.4) is 0 Å². The number of aromatic nitrogens is 4. The molecule has 0 atom stereocenters. The van der Waals surface area contributed by atoms with E-state index in [-0.39, 0.29) is 22.8 Å². The second-order valence-electron chi connectivity index (χ2n) is 3.07. The van der Waals surface area contributed by atoms with Gasteiger partial charge in [0.05, 0.1) is 11.1 Å². The zero-order valence-corrected chi connectivity index (χ0v) is 8.41. The number of nitrogens with zero attached hydrogens (tertiary/aromatic N) is 3. The van der Waals surface area contributed by atoms with Crippen LogP contribution in [0, 0.1) is 0 Å². The van der Waals surface area contributed by atoms with Gasteiger partial charge >= 0.3 is 0 Å². The summed E-state index contributed by atoms with van der Waals surface area (Å²) in [7, 11) is 0. The Morgan fingerprint density at radius 2 is 2.29 bits per heavy atom. The predicted molar refractivity (Wildman–Crippen MR) is 55.6 cm³/mol. The monoisotopic (exact) mass is 233 g/mol. The lowest BCUT2D eigenvalue weighted by Gasteiger charge is -2.04. The zero-order chi connectivity index (χ0) is 12.3. The van der Waals surface area contributed by atoms with Crippen LogP contribution < -0.4 is 5.32 Å². The number of aromatic amines is 1. The van der Waals surface area contributed by atoms with Crippen LogP contribution >= 0.6 is 0 Å². The van der Waals surface area contributed by atoms with Crippen molar-refractivity contribution in [3.05, 3.63) is 29.3 Å². The number of phenols is 1. The van der Waals surface area contributed by atoms with Crippen molar-refractivity contribution >= 4 is 18.1 Å². The van der Waals surface area contributed by atoms with Crippen LogP contribution in [0.1, 0.15) is 20.7 Å². The topological polar surface area (TPSA) is 121 Å². The molecule has 0 fully saturated rings. The lowest BCUT2D eigenvalue weighted by molar-refractivity contribution is 0.102. The van der Waals surface area contributed by atoms with Gasteiger partial charge in [-0.25, -0.2) is 5.10 Å². The fraction of sp³-hybridized carbons (Fsp3) is 0. The molecule has 8 heteroatoms. The molecule has 1 amide bonds. The summed E-state index contributed by atoms with van der Waals surface area (Å²) >= 11 is 0. The minimum Gasteiger partial charge on any atom is -0.506 e. The molecule has 0 unspecified atom stereocenters. The van der Waals surface area contributed by atoms with Crippen LogP contribution in [-0.2, 0) is 0 Å². The van der Waals surface area contributed by atoms with Gasteiger partial charge in [-0.2, -0.15) is 0 Å². The summed E-state index contributed by atoms with van der Waals surface area (Å²) in [5.41, 5.74) is -0.000607. The van der Waals surface area contributed by atoms with Crippen molar-refractivity contribution in [2.24, 2.45) is 0 Å². The summed E-state index contributed by atoms with van der Waals surface area (Å²) < 4.78 is 0. The molecule has 1 aromatic heterocycles. The molecule has 1 heterocycles. The molecule has 0 saturated carbocycles. The van der Waals surface area contributed by atoms with Gasteiger partial charge in [0.2, 0.25) is 5.95 Å². The number of para-hydroxylation sites is 1. The van der Waals surface area contributed by atoms with Crippen LogP contribution in [0.4, 0.5) is 5.95 Å². The lowest BCUT2D eigenvalue weighted by Crippen LogP contribution is -2.13. The molecule has 17 heavy (non-hydrogen) atoms. The maximum atomic E-state index is 11.7. The Bertz CT molecular complexity index is 552. The van der Waals surface area contributed by atoms with Gasteiger partial charge in [-0.05, 0) is 22.6 Å². The molecule has 0 radical (unpaired) electrons. The van der Waals surface area contributed by atoms with E-state index in [4.69, 9.17) is 0 Å². The number of aldehydes is 1. The molecule has 0 spiro atoms. The zero-order valence-electron chi connectivity index (χ0n) is 8.41. The number of anilines is 1. The Balaban J connectivity index is 2.28. The molecule has 1 aromatic carbocycles. The summed E-state index contributed by atoms with van der Waals surface area (Å²) in [6.07, 6.45) is 0.460. The summed E-state index contributed by atoms with van der Waals surface area (Å²) in [5.74, 6) is -0.955. The van der Waals surface area contributed by atoms with Gasteiger partial charge in [0.1, 0.15) is 5.75 Å². The average molecular weight is 233 g/mol. The Labute approximate surface area is 94.7 Å². The van der Waals surface area contributed by atoms with Gasteiger partial charge < -0.3 is 5.11 Å². The first-order chi connectivity index (χ1) is 8.22. The van der Waals surface area contributed by atoms with E-state index in [0.717, 1.165) is 0 Å². The molecular formula is C9H7N5O3. The number of nitrogens with one attached hydrogen (secondary N) is 2. The maximum Gasteiger partial charge on any atom is 0.261 e. The summed E-state index contributed by atoms with van der Waals surface area (Å²) in [4.78, 5) is 22.3. The standard InChI is InChI=1S/C9H7N5O3/c15-4-5-2-1-3-6(7(5)16)8(17)10-9-11-13-14-12-9/h1-4,16H,(H2,10,11,12,13,14,17). The van der Waals surface area contributed by atoms with Crippen molar-refractivity contribution in [2.45, 2.75) is 0 Å². The summed E-state index contributed by atoms with van der Waals surface area (Å²) in [5, 5.41) is 24.3. The van der Waals surface area contributed by atoms with Crippen molar-refractivity contribution in [2.75, 3.05) is 5.32 Å². The lowest BCUT2D eigenvalue weighted by atomic mass is 10.1. The first-order valence-electron chi connectivity index (χ1n) is 4.54. The highest BCUT2D eigenvalue weighted by Gasteiger charge is 2.14. The van der Waals surface area contributed by atoms with Crippen LogP contribution in [-0.4, -0.2) is 37.9 Å². The van der Waals surface area contributed by atoms with Gasteiger partial charge in [0, 0.05) is 0 Å². The Kier molecular flexibility index (Phi) is 2.77. The molecule has 0 saturated heterocycles. The van der Waals surface area contributed by atoms with Gasteiger partial charge in [-0.15, -0.1) is 0 Å². The average Bonchev–Trinajstić information content (AvgIpc) is 2.82. The highest BCUT2D eigenvalue weighted by molar-refractivity contribution is 6.06. The quantitative estimate of drug-likeness (QED) is 0.640. The second-order valence-corrected chi connectivity index (χ2v) is 3.07. The first kappa shape index (κ1) is 10.7. The van der Waals surface area contributed by atoms with Crippen molar-refractivity contribution in [3.63, 3.8) is 0 Å².